The molecule has 2 N–H and O–H groups in total. The van der Waals surface area contributed by atoms with E-state index in [1.54, 1.807) is 18.7 Å². The molecule has 0 bridgehead atoms. The van der Waals surface area contributed by atoms with Crippen LogP contribution in [0.5, 0.6) is 0 Å². The first kappa shape index (κ1) is 21.5. The third-order valence-corrected chi connectivity index (χ3v) is 6.14. The van der Waals surface area contributed by atoms with Crippen LogP contribution in [0.25, 0.3) is 0 Å². The maximum absolute atomic E-state index is 13.1. The Hall–Kier alpha value is -2.21. The van der Waals surface area contributed by atoms with Gasteiger partial charge < -0.3 is 15.5 Å². The molecule has 6 heteroatoms. The van der Waals surface area contributed by atoms with Gasteiger partial charge in [0.15, 0.2) is 5.78 Å². The van der Waals surface area contributed by atoms with Crippen LogP contribution in [0.3, 0.4) is 0 Å². The van der Waals surface area contributed by atoms with Gasteiger partial charge in [-0.15, -0.1) is 0 Å². The van der Waals surface area contributed by atoms with E-state index in [1.807, 2.05) is 37.3 Å². The highest BCUT2D eigenvalue weighted by molar-refractivity contribution is 5.95. The molecule has 1 aromatic rings. The zero-order valence-corrected chi connectivity index (χ0v) is 17.7. The normalized spacial score (nSPS) is 23.1. The lowest BCUT2D eigenvalue weighted by Crippen LogP contribution is -2.49. The first-order valence-electron chi connectivity index (χ1n) is 10.7. The fourth-order valence-electron chi connectivity index (χ4n) is 4.31. The van der Waals surface area contributed by atoms with E-state index in [-0.39, 0.29) is 36.1 Å². The highest BCUT2D eigenvalue weighted by Crippen LogP contribution is 2.28. The molecule has 2 aliphatic heterocycles. The lowest BCUT2D eigenvalue weighted by atomic mass is 9.83. The highest BCUT2D eigenvalue weighted by atomic mass is 16.2. The zero-order chi connectivity index (χ0) is 21.0. The van der Waals surface area contributed by atoms with Gasteiger partial charge in [-0.05, 0) is 44.7 Å². The van der Waals surface area contributed by atoms with Gasteiger partial charge in [-0.25, -0.2) is 0 Å². The molecule has 0 radical (unpaired) electrons. The van der Waals surface area contributed by atoms with Crippen molar-refractivity contribution in [2.24, 2.45) is 5.41 Å². The second-order valence-electron chi connectivity index (χ2n) is 8.97. The van der Waals surface area contributed by atoms with Crippen molar-refractivity contribution in [1.29, 1.82) is 0 Å². The van der Waals surface area contributed by atoms with Crippen molar-refractivity contribution in [2.75, 3.05) is 13.1 Å². The Morgan fingerprint density at radius 3 is 2.55 bits per heavy atom. The average Bonchev–Trinajstić information content (AvgIpc) is 3.39. The van der Waals surface area contributed by atoms with Crippen LogP contribution >= 0.6 is 0 Å². The quantitative estimate of drug-likeness (QED) is 0.739. The van der Waals surface area contributed by atoms with Gasteiger partial charge in [-0.2, -0.15) is 0 Å². The predicted octanol–water partition coefficient (Wildman–Crippen LogP) is 2.59. The molecule has 2 fully saturated rings. The first-order chi connectivity index (χ1) is 13.8. The Bertz CT molecular complexity index is 741. The van der Waals surface area contributed by atoms with E-state index < -0.39 is 11.5 Å². The van der Waals surface area contributed by atoms with Crippen molar-refractivity contribution >= 4 is 17.6 Å². The topological polar surface area (TPSA) is 78.5 Å². The second kappa shape index (κ2) is 9.08. The molecular formula is C23H33N3O3. The van der Waals surface area contributed by atoms with Crippen molar-refractivity contribution in [2.45, 2.75) is 71.0 Å². The maximum atomic E-state index is 13.1. The molecule has 3 atom stereocenters. The minimum absolute atomic E-state index is 0.0126. The third kappa shape index (κ3) is 5.04. The summed E-state index contributed by atoms with van der Waals surface area (Å²) in [6, 6.07) is 9.08. The third-order valence-electron chi connectivity index (χ3n) is 6.14. The molecule has 2 heterocycles. The molecule has 2 aliphatic rings. The molecule has 0 saturated carbocycles. The molecule has 0 aliphatic carbocycles. The zero-order valence-electron chi connectivity index (χ0n) is 17.7. The smallest absolute Gasteiger partial charge is 0.240 e. The van der Waals surface area contributed by atoms with Crippen molar-refractivity contribution < 1.29 is 14.4 Å². The highest BCUT2D eigenvalue weighted by Gasteiger charge is 2.40. The number of nitrogens with zero attached hydrogens (tertiary/aromatic N) is 1. The van der Waals surface area contributed by atoms with Gasteiger partial charge >= 0.3 is 0 Å². The molecule has 2 unspecified atom stereocenters. The van der Waals surface area contributed by atoms with Crippen LogP contribution in [-0.4, -0.2) is 47.7 Å². The molecule has 6 nitrogen and oxygen atoms in total. The van der Waals surface area contributed by atoms with Crippen LogP contribution in [0, 0.1) is 5.41 Å². The van der Waals surface area contributed by atoms with Gasteiger partial charge in [0, 0.05) is 13.0 Å². The molecule has 2 amide bonds. The van der Waals surface area contributed by atoms with Gasteiger partial charge in [0.05, 0.1) is 23.5 Å². The Morgan fingerprint density at radius 2 is 1.90 bits per heavy atom. The Kier molecular flexibility index (Phi) is 6.73. The number of carbonyl (C=O) groups excluding carboxylic acids is 3. The summed E-state index contributed by atoms with van der Waals surface area (Å²) >= 11 is 0. The number of ketones is 1. The molecule has 2 saturated heterocycles. The summed E-state index contributed by atoms with van der Waals surface area (Å²) in [6.45, 7) is 7.03. The number of rotatable bonds is 7. The Labute approximate surface area is 173 Å². The Balaban J connectivity index is 1.60. The molecular weight excluding hydrogens is 366 g/mol. The van der Waals surface area contributed by atoms with E-state index in [0.717, 1.165) is 31.4 Å². The second-order valence-corrected chi connectivity index (χ2v) is 8.97. The monoisotopic (exact) mass is 399 g/mol. The van der Waals surface area contributed by atoms with E-state index in [4.69, 9.17) is 0 Å². The van der Waals surface area contributed by atoms with Gasteiger partial charge in [0.25, 0.3) is 0 Å². The standard InChI is InChI=1S/C23H33N3O3/c1-16(17-9-5-4-6-10-17)25-22(29)23(2,3)15-20(27)19-12-8-14-26(19)21(28)18-11-7-13-24-18/h4-6,9-10,16,18-19,24H,7-8,11-15H2,1-3H3,(H,25,29)/t16?,18-,19?/m0/s1. The number of likely N-dealkylation sites (tertiary alicyclic amines) is 1. The molecule has 1 aromatic carbocycles. The van der Waals surface area contributed by atoms with Crippen LogP contribution < -0.4 is 10.6 Å². The molecule has 3 rings (SSSR count). The van der Waals surface area contributed by atoms with Crippen molar-refractivity contribution in [3.05, 3.63) is 35.9 Å². The maximum Gasteiger partial charge on any atom is 0.240 e. The fourth-order valence-corrected chi connectivity index (χ4v) is 4.31. The summed E-state index contributed by atoms with van der Waals surface area (Å²) < 4.78 is 0. The number of benzene rings is 1. The molecule has 0 aromatic heterocycles. The van der Waals surface area contributed by atoms with E-state index in [1.165, 1.54) is 0 Å². The summed E-state index contributed by atoms with van der Waals surface area (Å²) in [6.07, 6.45) is 3.49. The van der Waals surface area contributed by atoms with Crippen molar-refractivity contribution in [3.8, 4) is 0 Å². The summed E-state index contributed by atoms with van der Waals surface area (Å²) in [5.41, 5.74) is 0.197. The average molecular weight is 400 g/mol. The molecule has 158 valence electrons. The lowest BCUT2D eigenvalue weighted by Gasteiger charge is -2.30. The first-order valence-corrected chi connectivity index (χ1v) is 10.7. The number of Topliss-reactive ketones (excluding diaryl/α,β-unsaturated/α-hetero) is 1. The van der Waals surface area contributed by atoms with Crippen LogP contribution in [0.15, 0.2) is 30.3 Å². The summed E-state index contributed by atoms with van der Waals surface area (Å²) in [4.78, 5) is 40.5. The summed E-state index contributed by atoms with van der Waals surface area (Å²) in [5, 5.41) is 6.26. The SMILES string of the molecule is CC(NC(=O)C(C)(C)CC(=O)C1CCCN1C(=O)[C@@H]1CCCN1)c1ccccc1. The van der Waals surface area contributed by atoms with E-state index >= 15 is 0 Å². The van der Waals surface area contributed by atoms with Crippen LogP contribution in [0.4, 0.5) is 0 Å². The number of carbonyl (C=O) groups is 3. The van der Waals surface area contributed by atoms with Gasteiger partial charge in [0.1, 0.15) is 0 Å². The van der Waals surface area contributed by atoms with E-state index in [2.05, 4.69) is 10.6 Å². The minimum atomic E-state index is -0.830. The fraction of sp³-hybridized carbons (Fsp3) is 0.609. The number of nitrogens with one attached hydrogen (secondary N) is 2. The number of hydrogen-bond acceptors (Lipinski definition) is 4. The molecule has 29 heavy (non-hydrogen) atoms. The molecule has 0 spiro atoms. The van der Waals surface area contributed by atoms with Crippen LogP contribution in [0.2, 0.25) is 0 Å². The summed E-state index contributed by atoms with van der Waals surface area (Å²) in [5.74, 6) is -0.116. The van der Waals surface area contributed by atoms with Gasteiger partial charge in [-0.3, -0.25) is 14.4 Å². The van der Waals surface area contributed by atoms with Gasteiger partial charge in [0.2, 0.25) is 11.8 Å². The lowest BCUT2D eigenvalue weighted by molar-refractivity contribution is -0.141. The largest absolute Gasteiger partial charge is 0.349 e. The van der Waals surface area contributed by atoms with Gasteiger partial charge in [-0.1, -0.05) is 44.2 Å². The Morgan fingerprint density at radius 1 is 1.17 bits per heavy atom. The summed E-state index contributed by atoms with van der Waals surface area (Å²) in [7, 11) is 0. The van der Waals surface area contributed by atoms with E-state index in [9.17, 15) is 14.4 Å². The van der Waals surface area contributed by atoms with Crippen molar-refractivity contribution in [1.82, 2.24) is 15.5 Å². The van der Waals surface area contributed by atoms with Crippen LogP contribution in [-0.2, 0) is 14.4 Å². The number of amides is 2. The van der Waals surface area contributed by atoms with E-state index in [0.29, 0.717) is 13.0 Å². The van der Waals surface area contributed by atoms with Crippen LogP contribution in [0.1, 0.15) is 64.5 Å². The van der Waals surface area contributed by atoms with Crippen molar-refractivity contribution in [3.63, 3.8) is 0 Å². The predicted molar refractivity (Wildman–Crippen MR) is 112 cm³/mol. The minimum Gasteiger partial charge on any atom is -0.349 e. The number of hydrogen-bond donors (Lipinski definition) is 2.